The van der Waals surface area contributed by atoms with Crippen molar-refractivity contribution in [2.75, 3.05) is 6.61 Å². The van der Waals surface area contributed by atoms with Crippen molar-refractivity contribution >= 4 is 23.5 Å². The van der Waals surface area contributed by atoms with Gasteiger partial charge in [0.1, 0.15) is 6.04 Å². The van der Waals surface area contributed by atoms with Gasteiger partial charge in [0.05, 0.1) is 0 Å². The fraction of sp³-hybridized carbons (Fsp3) is 0.333. The summed E-state index contributed by atoms with van der Waals surface area (Å²) in [5, 5.41) is 26.7. The summed E-state index contributed by atoms with van der Waals surface area (Å²) in [7, 11) is 0. The van der Waals surface area contributed by atoms with Crippen LogP contribution in [0.25, 0.3) is 0 Å². The van der Waals surface area contributed by atoms with Crippen LogP contribution in [0.15, 0.2) is 12.1 Å². The minimum absolute atomic E-state index is 0.0430. The quantitative estimate of drug-likeness (QED) is 0.669. The second kappa shape index (κ2) is 6.12. The molecule has 0 spiro atoms. The molecular weight excluding hydrogens is 250 g/mol. The van der Waals surface area contributed by atoms with E-state index in [4.69, 9.17) is 21.8 Å². The first-order valence-corrected chi connectivity index (χ1v) is 5.06. The summed E-state index contributed by atoms with van der Waals surface area (Å²) in [5.41, 5.74) is -0.0430. The average molecular weight is 260 g/mol. The number of aromatic nitrogens is 2. The number of aliphatic hydroxyl groups excluding tert-OH is 1. The number of aliphatic hydroxyl groups is 1. The number of hydrogen-bond acceptors (Lipinski definition) is 5. The molecule has 0 unspecified atom stereocenters. The van der Waals surface area contributed by atoms with Crippen LogP contribution < -0.4 is 5.32 Å². The predicted molar refractivity (Wildman–Crippen MR) is 57.6 cm³/mol. The summed E-state index contributed by atoms with van der Waals surface area (Å²) < 4.78 is 0. The van der Waals surface area contributed by atoms with Crippen molar-refractivity contribution in [1.29, 1.82) is 0 Å². The van der Waals surface area contributed by atoms with Gasteiger partial charge in [0, 0.05) is 13.0 Å². The lowest BCUT2D eigenvalue weighted by Gasteiger charge is -2.12. The van der Waals surface area contributed by atoms with E-state index in [2.05, 4.69) is 15.5 Å². The monoisotopic (exact) mass is 259 g/mol. The Morgan fingerprint density at radius 1 is 1.41 bits per heavy atom. The number of nitrogens with zero attached hydrogens (tertiary/aromatic N) is 2. The second-order valence-corrected chi connectivity index (χ2v) is 3.51. The van der Waals surface area contributed by atoms with Crippen molar-refractivity contribution < 1.29 is 19.8 Å². The lowest BCUT2D eigenvalue weighted by atomic mass is 10.2. The van der Waals surface area contributed by atoms with Gasteiger partial charge in [0.2, 0.25) is 0 Å². The molecule has 0 saturated heterocycles. The zero-order valence-electron chi connectivity index (χ0n) is 8.63. The Hall–Kier alpha value is -1.73. The summed E-state index contributed by atoms with van der Waals surface area (Å²) in [4.78, 5) is 22.3. The maximum atomic E-state index is 11.5. The van der Waals surface area contributed by atoms with Gasteiger partial charge in [-0.3, -0.25) is 4.79 Å². The van der Waals surface area contributed by atoms with Gasteiger partial charge in [-0.1, -0.05) is 11.6 Å². The summed E-state index contributed by atoms with van der Waals surface area (Å²) in [6, 6.07) is 1.53. The van der Waals surface area contributed by atoms with E-state index in [9.17, 15) is 9.59 Å². The maximum absolute atomic E-state index is 11.5. The van der Waals surface area contributed by atoms with E-state index in [0.717, 1.165) is 0 Å². The van der Waals surface area contributed by atoms with E-state index in [1.54, 1.807) is 0 Å². The zero-order chi connectivity index (χ0) is 12.8. The number of rotatable bonds is 5. The highest BCUT2D eigenvalue weighted by Gasteiger charge is 2.20. The lowest BCUT2D eigenvalue weighted by molar-refractivity contribution is -0.139. The zero-order valence-corrected chi connectivity index (χ0v) is 9.39. The van der Waals surface area contributed by atoms with Crippen LogP contribution in [0.3, 0.4) is 0 Å². The number of halogens is 1. The van der Waals surface area contributed by atoms with Crippen molar-refractivity contribution in [3.63, 3.8) is 0 Å². The Bertz CT molecular complexity index is 409. The lowest BCUT2D eigenvalue weighted by Crippen LogP contribution is -2.41. The van der Waals surface area contributed by atoms with Gasteiger partial charge in [-0.2, -0.15) is 0 Å². The summed E-state index contributed by atoms with van der Waals surface area (Å²) >= 11 is 5.49. The van der Waals surface area contributed by atoms with E-state index < -0.39 is 17.9 Å². The Labute approximate surface area is 101 Å². The van der Waals surface area contributed by atoms with Crippen LogP contribution >= 0.6 is 11.6 Å². The third kappa shape index (κ3) is 3.97. The van der Waals surface area contributed by atoms with E-state index in [1.807, 2.05) is 0 Å². The molecule has 8 heteroatoms. The molecule has 0 fully saturated rings. The largest absolute Gasteiger partial charge is 0.480 e. The number of aliphatic carboxylic acids is 1. The smallest absolute Gasteiger partial charge is 0.326 e. The number of carboxylic acid groups (broad SMARTS) is 1. The molecule has 3 N–H and O–H groups in total. The minimum atomic E-state index is -1.23. The molecule has 0 aliphatic carbocycles. The molecule has 17 heavy (non-hydrogen) atoms. The number of carbonyl (C=O) groups excluding carboxylic acids is 1. The highest BCUT2D eigenvalue weighted by atomic mass is 35.5. The molecule has 0 radical (unpaired) electrons. The van der Waals surface area contributed by atoms with E-state index in [1.165, 1.54) is 12.1 Å². The van der Waals surface area contributed by atoms with Crippen LogP contribution in [0.4, 0.5) is 0 Å². The summed E-state index contributed by atoms with van der Waals surface area (Å²) in [6.07, 6.45) is -0.0813. The normalized spacial score (nSPS) is 11.9. The number of amides is 1. The van der Waals surface area contributed by atoms with E-state index >= 15 is 0 Å². The van der Waals surface area contributed by atoms with Crippen molar-refractivity contribution in [3.8, 4) is 0 Å². The van der Waals surface area contributed by atoms with Gasteiger partial charge in [-0.25, -0.2) is 4.79 Å². The van der Waals surface area contributed by atoms with Gasteiger partial charge >= 0.3 is 5.97 Å². The molecule has 1 atom stereocenters. The first-order chi connectivity index (χ1) is 8.04. The molecule has 0 aromatic carbocycles. The SMILES string of the molecule is O=C(N[C@@H](CCO)C(=O)O)c1ccc(Cl)nn1. The Morgan fingerprint density at radius 3 is 2.59 bits per heavy atom. The number of nitrogens with one attached hydrogen (secondary N) is 1. The molecule has 92 valence electrons. The minimum Gasteiger partial charge on any atom is -0.480 e. The Balaban J connectivity index is 2.70. The number of carbonyl (C=O) groups is 2. The number of hydrogen-bond donors (Lipinski definition) is 3. The third-order valence-corrected chi connectivity index (χ3v) is 2.09. The van der Waals surface area contributed by atoms with Gasteiger partial charge < -0.3 is 15.5 Å². The summed E-state index contributed by atoms with van der Waals surface area (Å²) in [5.74, 6) is -1.91. The second-order valence-electron chi connectivity index (χ2n) is 3.12. The highest BCUT2D eigenvalue weighted by molar-refractivity contribution is 6.29. The maximum Gasteiger partial charge on any atom is 0.326 e. The molecule has 1 amide bonds. The molecule has 1 aromatic heterocycles. The molecule has 1 heterocycles. The standard InChI is InChI=1S/C9H10ClN3O4/c10-7-2-1-5(12-13-7)8(15)11-6(3-4-14)9(16)17/h1-2,6,14H,3-4H2,(H,11,15)(H,16,17)/t6-/m0/s1. The molecular formula is C9H10ClN3O4. The Kier molecular flexibility index (Phi) is 4.80. The van der Waals surface area contributed by atoms with Crippen LogP contribution in [-0.2, 0) is 4.79 Å². The average Bonchev–Trinajstić information content (AvgIpc) is 2.29. The number of carboxylic acids is 1. The molecule has 0 saturated carbocycles. The third-order valence-electron chi connectivity index (χ3n) is 1.89. The van der Waals surface area contributed by atoms with Crippen molar-refractivity contribution in [2.24, 2.45) is 0 Å². The van der Waals surface area contributed by atoms with Crippen LogP contribution in [0.2, 0.25) is 5.15 Å². The molecule has 0 aliphatic heterocycles. The highest BCUT2D eigenvalue weighted by Crippen LogP contribution is 2.03. The summed E-state index contributed by atoms with van der Waals surface area (Å²) in [6.45, 7) is -0.344. The first kappa shape index (κ1) is 13.3. The van der Waals surface area contributed by atoms with Crippen LogP contribution in [0.1, 0.15) is 16.9 Å². The molecule has 0 aliphatic rings. The van der Waals surface area contributed by atoms with Gasteiger partial charge in [-0.05, 0) is 12.1 Å². The molecule has 0 bridgehead atoms. The van der Waals surface area contributed by atoms with Crippen LogP contribution in [0.5, 0.6) is 0 Å². The first-order valence-electron chi connectivity index (χ1n) is 4.68. The van der Waals surface area contributed by atoms with Crippen LogP contribution in [-0.4, -0.2) is 44.9 Å². The Morgan fingerprint density at radius 2 is 2.12 bits per heavy atom. The van der Waals surface area contributed by atoms with Gasteiger partial charge in [0.25, 0.3) is 5.91 Å². The predicted octanol–water partition coefficient (Wildman–Crippen LogP) is -0.305. The van der Waals surface area contributed by atoms with Crippen molar-refractivity contribution in [2.45, 2.75) is 12.5 Å². The van der Waals surface area contributed by atoms with Gasteiger partial charge in [-0.15, -0.1) is 10.2 Å². The fourth-order valence-corrected chi connectivity index (χ4v) is 1.16. The molecule has 1 rings (SSSR count). The van der Waals surface area contributed by atoms with E-state index in [0.29, 0.717) is 0 Å². The fourth-order valence-electron chi connectivity index (χ4n) is 1.06. The van der Waals surface area contributed by atoms with Crippen molar-refractivity contribution in [1.82, 2.24) is 15.5 Å². The molecule has 7 nitrogen and oxygen atoms in total. The topological polar surface area (TPSA) is 112 Å². The molecule has 1 aromatic rings. The van der Waals surface area contributed by atoms with Gasteiger partial charge in [0.15, 0.2) is 10.8 Å². The van der Waals surface area contributed by atoms with Crippen LogP contribution in [0, 0.1) is 0 Å². The van der Waals surface area contributed by atoms with E-state index in [-0.39, 0.29) is 23.9 Å². The van der Waals surface area contributed by atoms with Crippen molar-refractivity contribution in [3.05, 3.63) is 23.0 Å².